The molecule has 0 bridgehead atoms. The molecule has 1 atom stereocenters. The van der Waals surface area contributed by atoms with Gasteiger partial charge in [0.15, 0.2) is 0 Å². The number of rotatable bonds is 5. The maximum atomic E-state index is 12.6. The lowest BCUT2D eigenvalue weighted by Crippen LogP contribution is -2.48. The van der Waals surface area contributed by atoms with Crippen molar-refractivity contribution in [2.45, 2.75) is 32.2 Å². The fourth-order valence-corrected chi connectivity index (χ4v) is 3.33. The lowest BCUT2D eigenvalue weighted by atomic mass is 10.0. The molecule has 1 aromatic rings. The van der Waals surface area contributed by atoms with Crippen molar-refractivity contribution >= 4 is 11.8 Å². The van der Waals surface area contributed by atoms with Crippen molar-refractivity contribution in [1.82, 2.24) is 10.2 Å². The maximum Gasteiger partial charge on any atom is 0.253 e. The molecule has 6 nitrogen and oxygen atoms in total. The molecular formula is C19H26N2O4. The lowest BCUT2D eigenvalue weighted by Gasteiger charge is -2.33. The number of amides is 2. The van der Waals surface area contributed by atoms with Crippen molar-refractivity contribution in [3.05, 3.63) is 29.8 Å². The molecule has 2 aliphatic heterocycles. The molecule has 136 valence electrons. The van der Waals surface area contributed by atoms with Gasteiger partial charge in [-0.2, -0.15) is 0 Å². The van der Waals surface area contributed by atoms with E-state index in [0.29, 0.717) is 38.5 Å². The number of carbonyl (C=O) groups is 2. The third-order valence-corrected chi connectivity index (χ3v) is 4.84. The summed E-state index contributed by atoms with van der Waals surface area (Å²) in [5, 5.41) is 3.11. The third-order valence-electron chi connectivity index (χ3n) is 4.84. The van der Waals surface area contributed by atoms with Gasteiger partial charge in [-0.15, -0.1) is 0 Å². The Balaban J connectivity index is 1.47. The van der Waals surface area contributed by atoms with E-state index < -0.39 is 0 Å². The van der Waals surface area contributed by atoms with Crippen LogP contribution in [0.1, 0.15) is 36.5 Å². The predicted octanol–water partition coefficient (Wildman–Crippen LogP) is 1.84. The second kappa shape index (κ2) is 8.34. The number of hydrogen-bond acceptors (Lipinski definition) is 4. The average Bonchev–Trinajstić information content (AvgIpc) is 3.18. The fraction of sp³-hybridized carbons (Fsp3) is 0.579. The van der Waals surface area contributed by atoms with E-state index in [-0.39, 0.29) is 23.8 Å². The molecule has 2 saturated heterocycles. The number of nitrogens with one attached hydrogen (secondary N) is 1. The SMILES string of the molecule is CCOc1ccc(C(=O)N2CCC(NC(=O)C3CCOC3)CC2)cc1. The molecule has 1 unspecified atom stereocenters. The van der Waals surface area contributed by atoms with Crippen LogP contribution in [-0.2, 0) is 9.53 Å². The minimum absolute atomic E-state index is 0.0106. The van der Waals surface area contributed by atoms with Crippen molar-refractivity contribution in [3.63, 3.8) is 0 Å². The van der Waals surface area contributed by atoms with Gasteiger partial charge in [0.2, 0.25) is 5.91 Å². The molecule has 2 aliphatic rings. The Hall–Kier alpha value is -2.08. The van der Waals surface area contributed by atoms with Gasteiger partial charge in [-0.1, -0.05) is 0 Å². The highest BCUT2D eigenvalue weighted by Gasteiger charge is 2.28. The lowest BCUT2D eigenvalue weighted by molar-refractivity contribution is -0.125. The van der Waals surface area contributed by atoms with Crippen molar-refractivity contribution in [1.29, 1.82) is 0 Å². The summed E-state index contributed by atoms with van der Waals surface area (Å²) in [7, 11) is 0. The van der Waals surface area contributed by atoms with Crippen LogP contribution in [0, 0.1) is 5.92 Å². The first-order valence-electron chi connectivity index (χ1n) is 9.07. The zero-order valence-corrected chi connectivity index (χ0v) is 14.7. The molecule has 0 aromatic heterocycles. The molecule has 6 heteroatoms. The van der Waals surface area contributed by atoms with Gasteiger partial charge in [-0.25, -0.2) is 0 Å². The number of hydrogen-bond donors (Lipinski definition) is 1. The van der Waals surface area contributed by atoms with Crippen molar-refractivity contribution in [3.8, 4) is 5.75 Å². The number of ether oxygens (including phenoxy) is 2. The predicted molar refractivity (Wildman–Crippen MR) is 93.6 cm³/mol. The van der Waals surface area contributed by atoms with Crippen molar-refractivity contribution in [2.75, 3.05) is 32.9 Å². The van der Waals surface area contributed by atoms with Gasteiger partial charge in [0, 0.05) is 31.3 Å². The summed E-state index contributed by atoms with van der Waals surface area (Å²) in [5.41, 5.74) is 0.675. The first-order chi connectivity index (χ1) is 12.2. The van der Waals surface area contributed by atoms with Gasteiger partial charge in [0.25, 0.3) is 5.91 Å². The maximum absolute atomic E-state index is 12.6. The molecule has 2 fully saturated rings. The highest BCUT2D eigenvalue weighted by atomic mass is 16.5. The number of likely N-dealkylation sites (tertiary alicyclic amines) is 1. The average molecular weight is 346 g/mol. The highest BCUT2D eigenvalue weighted by molar-refractivity contribution is 5.94. The molecular weight excluding hydrogens is 320 g/mol. The summed E-state index contributed by atoms with van der Waals surface area (Å²) in [4.78, 5) is 26.6. The smallest absolute Gasteiger partial charge is 0.253 e. The summed E-state index contributed by atoms with van der Waals surface area (Å²) in [6.07, 6.45) is 2.39. The minimum Gasteiger partial charge on any atom is -0.494 e. The van der Waals surface area contributed by atoms with Crippen LogP contribution in [0.4, 0.5) is 0 Å². The van der Waals surface area contributed by atoms with Crippen molar-refractivity contribution in [2.24, 2.45) is 5.92 Å². The van der Waals surface area contributed by atoms with E-state index in [4.69, 9.17) is 9.47 Å². The molecule has 2 amide bonds. The highest BCUT2D eigenvalue weighted by Crippen LogP contribution is 2.18. The summed E-state index contributed by atoms with van der Waals surface area (Å²) >= 11 is 0. The van der Waals surface area contributed by atoms with Crippen LogP contribution in [0.3, 0.4) is 0 Å². The van der Waals surface area contributed by atoms with E-state index >= 15 is 0 Å². The van der Waals surface area contributed by atoms with Crippen LogP contribution in [-0.4, -0.2) is 55.7 Å². The Morgan fingerprint density at radius 1 is 1.20 bits per heavy atom. The molecule has 0 radical (unpaired) electrons. The Morgan fingerprint density at radius 2 is 1.92 bits per heavy atom. The van der Waals surface area contributed by atoms with Gasteiger partial charge in [0.1, 0.15) is 5.75 Å². The number of nitrogens with zero attached hydrogens (tertiary/aromatic N) is 1. The Labute approximate surface area is 148 Å². The molecule has 1 N–H and O–H groups in total. The van der Waals surface area contributed by atoms with Crippen LogP contribution < -0.4 is 10.1 Å². The zero-order chi connectivity index (χ0) is 17.6. The molecule has 0 saturated carbocycles. The summed E-state index contributed by atoms with van der Waals surface area (Å²) < 4.78 is 10.7. The van der Waals surface area contributed by atoms with Crippen LogP contribution >= 0.6 is 0 Å². The molecule has 1 aromatic carbocycles. The van der Waals surface area contributed by atoms with Gasteiger partial charge < -0.3 is 19.7 Å². The van der Waals surface area contributed by atoms with Gasteiger partial charge >= 0.3 is 0 Å². The van der Waals surface area contributed by atoms with Gasteiger partial charge in [-0.3, -0.25) is 9.59 Å². The first-order valence-corrected chi connectivity index (χ1v) is 9.07. The molecule has 0 spiro atoms. The fourth-order valence-electron chi connectivity index (χ4n) is 3.33. The Bertz CT molecular complexity index is 588. The van der Waals surface area contributed by atoms with E-state index in [0.717, 1.165) is 25.0 Å². The third kappa shape index (κ3) is 4.51. The van der Waals surface area contributed by atoms with E-state index in [1.807, 2.05) is 24.0 Å². The van der Waals surface area contributed by atoms with Crippen LogP contribution in [0.15, 0.2) is 24.3 Å². The standard InChI is InChI=1S/C19H26N2O4/c1-2-25-17-5-3-14(4-6-17)19(23)21-10-7-16(8-11-21)20-18(22)15-9-12-24-13-15/h3-6,15-16H,2,7-13H2,1H3,(H,20,22). The molecule has 0 aliphatic carbocycles. The second-order valence-corrected chi connectivity index (χ2v) is 6.59. The van der Waals surface area contributed by atoms with Crippen LogP contribution in [0.5, 0.6) is 5.75 Å². The summed E-state index contributed by atoms with van der Waals surface area (Å²) in [6.45, 7) is 5.07. The number of carbonyl (C=O) groups excluding carboxylic acids is 2. The number of benzene rings is 1. The normalized spacial score (nSPS) is 21.2. The topological polar surface area (TPSA) is 67.9 Å². The minimum atomic E-state index is -0.0106. The quantitative estimate of drug-likeness (QED) is 0.883. The first kappa shape index (κ1) is 17.7. The van der Waals surface area contributed by atoms with Gasteiger partial charge in [0.05, 0.1) is 19.1 Å². The molecule has 3 rings (SSSR count). The van der Waals surface area contributed by atoms with E-state index in [1.54, 1.807) is 12.1 Å². The zero-order valence-electron chi connectivity index (χ0n) is 14.7. The molecule has 2 heterocycles. The van der Waals surface area contributed by atoms with E-state index in [2.05, 4.69) is 5.32 Å². The Kier molecular flexibility index (Phi) is 5.91. The van der Waals surface area contributed by atoms with Crippen molar-refractivity contribution < 1.29 is 19.1 Å². The Morgan fingerprint density at radius 3 is 2.52 bits per heavy atom. The van der Waals surface area contributed by atoms with E-state index in [1.165, 1.54) is 0 Å². The monoisotopic (exact) mass is 346 g/mol. The van der Waals surface area contributed by atoms with Crippen LogP contribution in [0.25, 0.3) is 0 Å². The van der Waals surface area contributed by atoms with Crippen LogP contribution in [0.2, 0.25) is 0 Å². The van der Waals surface area contributed by atoms with Gasteiger partial charge in [-0.05, 0) is 50.5 Å². The van der Waals surface area contributed by atoms with E-state index in [9.17, 15) is 9.59 Å². The second-order valence-electron chi connectivity index (χ2n) is 6.59. The largest absolute Gasteiger partial charge is 0.494 e. The number of piperidine rings is 1. The summed E-state index contributed by atoms with van der Waals surface area (Å²) in [5.74, 6) is 0.894. The summed E-state index contributed by atoms with van der Waals surface area (Å²) in [6, 6.07) is 7.42. The molecule has 25 heavy (non-hydrogen) atoms.